The Morgan fingerprint density at radius 2 is 2.20 bits per heavy atom. The molecule has 108 valence electrons. The lowest BCUT2D eigenvalue weighted by molar-refractivity contribution is 0.0940. The van der Waals surface area contributed by atoms with Gasteiger partial charge in [-0.1, -0.05) is 6.92 Å². The third kappa shape index (κ3) is 2.61. The van der Waals surface area contributed by atoms with Crippen molar-refractivity contribution in [2.24, 2.45) is 0 Å². The fourth-order valence-electron chi connectivity index (χ4n) is 1.83. The lowest BCUT2D eigenvalue weighted by atomic mass is 10.2. The maximum atomic E-state index is 13.0. The molecule has 5 nitrogen and oxygen atoms in total. The lowest BCUT2D eigenvalue weighted by Gasteiger charge is -2.10. The largest absolute Gasteiger partial charge is 0.349 e. The van der Waals surface area contributed by atoms with Gasteiger partial charge in [-0.25, -0.2) is 18.3 Å². The monoisotopic (exact) mass is 282 g/mol. The van der Waals surface area contributed by atoms with E-state index in [2.05, 4.69) is 15.4 Å². The summed E-state index contributed by atoms with van der Waals surface area (Å²) in [4.78, 5) is 16.2. The van der Waals surface area contributed by atoms with Gasteiger partial charge in [0.2, 0.25) is 0 Å². The standard InChI is InChI=1S/C13H16F2N4O/c1-4-7(2)18-13(20)9-6-16-19-10(11(14)15)5-8(3)17-12(9)19/h5-7,11H,4H2,1-3H3,(H,18,20). The summed E-state index contributed by atoms with van der Waals surface area (Å²) in [6, 6.07) is 1.26. The minimum atomic E-state index is -2.68. The molecule has 20 heavy (non-hydrogen) atoms. The molecule has 1 amide bonds. The van der Waals surface area contributed by atoms with Gasteiger partial charge in [-0.05, 0) is 26.3 Å². The van der Waals surface area contributed by atoms with Gasteiger partial charge in [0, 0.05) is 11.7 Å². The Labute approximate surface area is 115 Å². The first-order valence-corrected chi connectivity index (χ1v) is 6.38. The Morgan fingerprint density at radius 3 is 2.80 bits per heavy atom. The van der Waals surface area contributed by atoms with E-state index < -0.39 is 6.43 Å². The highest BCUT2D eigenvalue weighted by molar-refractivity contribution is 5.99. The van der Waals surface area contributed by atoms with Crippen molar-refractivity contribution in [2.45, 2.75) is 39.7 Å². The predicted octanol–water partition coefficient (Wildman–Crippen LogP) is 2.50. The van der Waals surface area contributed by atoms with Gasteiger partial charge in [-0.2, -0.15) is 5.10 Å². The van der Waals surface area contributed by atoms with Crippen LogP contribution >= 0.6 is 0 Å². The molecule has 0 aromatic carbocycles. The van der Waals surface area contributed by atoms with Gasteiger partial charge in [-0.3, -0.25) is 4.79 Å². The van der Waals surface area contributed by atoms with Gasteiger partial charge in [-0.15, -0.1) is 0 Å². The summed E-state index contributed by atoms with van der Waals surface area (Å²) >= 11 is 0. The summed E-state index contributed by atoms with van der Waals surface area (Å²) in [7, 11) is 0. The summed E-state index contributed by atoms with van der Waals surface area (Å²) in [6.07, 6.45) is -0.630. The van der Waals surface area contributed by atoms with Crippen molar-refractivity contribution in [1.29, 1.82) is 0 Å². The number of hydrogen-bond acceptors (Lipinski definition) is 3. The molecule has 2 rings (SSSR count). The van der Waals surface area contributed by atoms with Crippen LogP contribution in [0.25, 0.3) is 5.65 Å². The number of alkyl halides is 2. The molecule has 0 spiro atoms. The van der Waals surface area contributed by atoms with Crippen LogP contribution in [0.2, 0.25) is 0 Å². The van der Waals surface area contributed by atoms with Gasteiger partial charge in [0.05, 0.1) is 6.20 Å². The van der Waals surface area contributed by atoms with E-state index in [9.17, 15) is 13.6 Å². The van der Waals surface area contributed by atoms with E-state index in [0.29, 0.717) is 5.69 Å². The molecule has 7 heteroatoms. The number of halogens is 2. The average molecular weight is 282 g/mol. The molecule has 1 unspecified atom stereocenters. The Bertz CT molecular complexity index is 639. The van der Waals surface area contributed by atoms with Crippen LogP contribution in [-0.2, 0) is 0 Å². The zero-order valence-electron chi connectivity index (χ0n) is 11.5. The highest BCUT2D eigenvalue weighted by atomic mass is 19.3. The molecule has 0 bridgehead atoms. The molecule has 1 N–H and O–H groups in total. The minimum Gasteiger partial charge on any atom is -0.349 e. The quantitative estimate of drug-likeness (QED) is 0.937. The highest BCUT2D eigenvalue weighted by Gasteiger charge is 2.20. The molecule has 0 fully saturated rings. The van der Waals surface area contributed by atoms with Crippen LogP contribution in [0.15, 0.2) is 12.3 Å². The van der Waals surface area contributed by atoms with E-state index in [1.54, 1.807) is 6.92 Å². The second-order valence-corrected chi connectivity index (χ2v) is 4.70. The maximum Gasteiger partial charge on any atom is 0.280 e. The van der Waals surface area contributed by atoms with E-state index in [4.69, 9.17) is 0 Å². The third-order valence-corrected chi connectivity index (χ3v) is 3.09. The fraction of sp³-hybridized carbons (Fsp3) is 0.462. The van der Waals surface area contributed by atoms with Gasteiger partial charge in [0.25, 0.3) is 12.3 Å². The Kier molecular flexibility index (Phi) is 3.96. The second-order valence-electron chi connectivity index (χ2n) is 4.70. The Balaban J connectivity index is 2.49. The molecule has 0 aliphatic rings. The molecule has 2 aromatic heterocycles. The summed E-state index contributed by atoms with van der Waals surface area (Å²) in [5.41, 5.74) is 0.512. The van der Waals surface area contributed by atoms with Crippen LogP contribution in [0.4, 0.5) is 8.78 Å². The van der Waals surface area contributed by atoms with E-state index in [-0.39, 0.29) is 28.9 Å². The lowest BCUT2D eigenvalue weighted by Crippen LogP contribution is -2.31. The molecule has 2 heterocycles. The van der Waals surface area contributed by atoms with Crippen LogP contribution in [-0.4, -0.2) is 26.5 Å². The first-order chi connectivity index (χ1) is 9.43. The van der Waals surface area contributed by atoms with Crippen LogP contribution < -0.4 is 5.32 Å². The topological polar surface area (TPSA) is 59.3 Å². The number of fused-ring (bicyclic) bond motifs is 1. The maximum absolute atomic E-state index is 13.0. The van der Waals surface area contributed by atoms with E-state index in [0.717, 1.165) is 10.9 Å². The van der Waals surface area contributed by atoms with Crippen LogP contribution in [0.3, 0.4) is 0 Å². The number of carbonyl (C=O) groups excluding carboxylic acids is 1. The number of carbonyl (C=O) groups is 1. The zero-order valence-corrected chi connectivity index (χ0v) is 11.5. The van der Waals surface area contributed by atoms with Crippen LogP contribution in [0.1, 0.15) is 48.4 Å². The van der Waals surface area contributed by atoms with E-state index in [1.807, 2.05) is 13.8 Å². The molecule has 0 radical (unpaired) electrons. The van der Waals surface area contributed by atoms with Crippen molar-refractivity contribution in [3.63, 3.8) is 0 Å². The van der Waals surface area contributed by atoms with Crippen LogP contribution in [0, 0.1) is 6.92 Å². The van der Waals surface area contributed by atoms with E-state index in [1.165, 1.54) is 12.3 Å². The minimum absolute atomic E-state index is 0.00294. The van der Waals surface area contributed by atoms with E-state index >= 15 is 0 Å². The van der Waals surface area contributed by atoms with Crippen molar-refractivity contribution in [1.82, 2.24) is 19.9 Å². The van der Waals surface area contributed by atoms with Gasteiger partial charge >= 0.3 is 0 Å². The summed E-state index contributed by atoms with van der Waals surface area (Å²) in [5.74, 6) is -0.354. The number of aromatic nitrogens is 3. The van der Waals surface area contributed by atoms with Crippen molar-refractivity contribution < 1.29 is 13.6 Å². The molecule has 0 saturated heterocycles. The second kappa shape index (κ2) is 5.52. The van der Waals surface area contributed by atoms with Crippen molar-refractivity contribution in [3.05, 3.63) is 29.2 Å². The predicted molar refractivity (Wildman–Crippen MR) is 69.9 cm³/mol. The number of amides is 1. The molecule has 2 aromatic rings. The normalized spacial score (nSPS) is 12.9. The number of rotatable bonds is 4. The fourth-order valence-corrected chi connectivity index (χ4v) is 1.83. The summed E-state index contributed by atoms with van der Waals surface area (Å²) in [6.45, 7) is 5.42. The number of nitrogens with one attached hydrogen (secondary N) is 1. The molecule has 0 saturated carbocycles. The van der Waals surface area contributed by atoms with Crippen molar-refractivity contribution in [2.75, 3.05) is 0 Å². The first-order valence-electron chi connectivity index (χ1n) is 6.38. The van der Waals surface area contributed by atoms with Crippen LogP contribution in [0.5, 0.6) is 0 Å². The number of nitrogens with zero attached hydrogens (tertiary/aromatic N) is 3. The third-order valence-electron chi connectivity index (χ3n) is 3.09. The Hall–Kier alpha value is -2.05. The summed E-state index contributed by atoms with van der Waals surface area (Å²) in [5, 5.41) is 6.62. The number of hydrogen-bond donors (Lipinski definition) is 1. The Morgan fingerprint density at radius 1 is 1.50 bits per heavy atom. The zero-order chi connectivity index (χ0) is 14.9. The summed E-state index contributed by atoms with van der Waals surface area (Å²) < 4.78 is 26.9. The molecular weight excluding hydrogens is 266 g/mol. The average Bonchev–Trinajstić information content (AvgIpc) is 2.80. The molecule has 0 aliphatic carbocycles. The first kappa shape index (κ1) is 14.4. The molecular formula is C13H16F2N4O. The number of aryl methyl sites for hydroxylation is 1. The smallest absolute Gasteiger partial charge is 0.280 e. The molecule has 1 atom stereocenters. The van der Waals surface area contributed by atoms with Gasteiger partial charge in [0.15, 0.2) is 5.65 Å². The highest BCUT2D eigenvalue weighted by Crippen LogP contribution is 2.21. The van der Waals surface area contributed by atoms with Crippen molar-refractivity contribution in [3.8, 4) is 0 Å². The van der Waals surface area contributed by atoms with Gasteiger partial charge < -0.3 is 5.32 Å². The SMILES string of the molecule is CCC(C)NC(=O)c1cnn2c(C(F)F)cc(C)nc12. The molecule has 0 aliphatic heterocycles. The van der Waals surface area contributed by atoms with Gasteiger partial charge in [0.1, 0.15) is 11.3 Å². The van der Waals surface area contributed by atoms with Crippen molar-refractivity contribution >= 4 is 11.6 Å².